The summed E-state index contributed by atoms with van der Waals surface area (Å²) in [4.78, 5) is 40.1. The second kappa shape index (κ2) is 6.90. The van der Waals surface area contributed by atoms with E-state index in [1.54, 1.807) is 7.05 Å². The molecule has 8 nitrogen and oxygen atoms in total. The molecule has 132 valence electrons. The number of ether oxygens (including phenoxy) is 1. The molecule has 1 aromatic rings. The van der Waals surface area contributed by atoms with E-state index in [4.69, 9.17) is 4.74 Å². The van der Waals surface area contributed by atoms with E-state index in [2.05, 4.69) is 4.90 Å². The number of carbonyl (C=O) groups is 1. The smallest absolute Gasteiger partial charge is 0.330 e. The summed E-state index contributed by atoms with van der Waals surface area (Å²) in [5, 5.41) is 0. The van der Waals surface area contributed by atoms with Crippen LogP contribution in [0.1, 0.15) is 18.5 Å². The maximum absolute atomic E-state index is 12.3. The average molecular weight is 336 g/mol. The molecule has 1 amide bonds. The topological polar surface area (TPSA) is 76.8 Å². The Kier molecular flexibility index (Phi) is 4.86. The first-order chi connectivity index (χ1) is 11.5. The zero-order valence-electron chi connectivity index (χ0n) is 14.2. The number of aromatic nitrogens is 2. The number of rotatable bonds is 3. The van der Waals surface area contributed by atoms with E-state index in [-0.39, 0.29) is 23.3 Å². The fourth-order valence-corrected chi connectivity index (χ4v) is 3.26. The molecule has 2 aliphatic rings. The molecule has 2 fully saturated rings. The van der Waals surface area contributed by atoms with E-state index in [1.807, 2.05) is 4.90 Å². The predicted molar refractivity (Wildman–Crippen MR) is 87.8 cm³/mol. The average Bonchev–Trinajstić information content (AvgIpc) is 3.12. The largest absolute Gasteiger partial charge is 0.368 e. The summed E-state index contributed by atoms with van der Waals surface area (Å²) in [5.74, 6) is 0.0909. The van der Waals surface area contributed by atoms with E-state index in [1.165, 1.54) is 17.7 Å². The van der Waals surface area contributed by atoms with Crippen LogP contribution in [0.4, 0.5) is 0 Å². The van der Waals surface area contributed by atoms with Gasteiger partial charge in [0, 0.05) is 65.2 Å². The molecule has 0 saturated carbocycles. The highest BCUT2D eigenvalue weighted by Crippen LogP contribution is 2.16. The van der Waals surface area contributed by atoms with Gasteiger partial charge in [0.1, 0.15) is 6.10 Å². The molecule has 0 bridgehead atoms. The van der Waals surface area contributed by atoms with Crippen LogP contribution in [-0.2, 0) is 30.2 Å². The summed E-state index contributed by atoms with van der Waals surface area (Å²) >= 11 is 0. The van der Waals surface area contributed by atoms with Gasteiger partial charge in [0.15, 0.2) is 0 Å². The Morgan fingerprint density at radius 2 is 1.88 bits per heavy atom. The van der Waals surface area contributed by atoms with Crippen molar-refractivity contribution < 1.29 is 9.53 Å². The molecule has 0 N–H and O–H groups in total. The lowest BCUT2D eigenvalue weighted by Crippen LogP contribution is -2.51. The summed E-state index contributed by atoms with van der Waals surface area (Å²) in [5.41, 5.74) is 0.0898. The first-order valence-corrected chi connectivity index (χ1v) is 8.36. The highest BCUT2D eigenvalue weighted by Gasteiger charge is 2.30. The molecule has 0 radical (unpaired) electrons. The van der Waals surface area contributed by atoms with Crippen LogP contribution in [0.5, 0.6) is 0 Å². The van der Waals surface area contributed by atoms with Gasteiger partial charge in [-0.3, -0.25) is 23.6 Å². The van der Waals surface area contributed by atoms with E-state index in [9.17, 15) is 14.4 Å². The van der Waals surface area contributed by atoms with Gasteiger partial charge in [0.2, 0.25) is 0 Å². The van der Waals surface area contributed by atoms with Crippen molar-refractivity contribution in [3.05, 3.63) is 32.6 Å². The van der Waals surface area contributed by atoms with Gasteiger partial charge in [-0.2, -0.15) is 0 Å². The first-order valence-electron chi connectivity index (χ1n) is 8.36. The van der Waals surface area contributed by atoms with Crippen LogP contribution in [0.25, 0.3) is 0 Å². The van der Waals surface area contributed by atoms with E-state index >= 15 is 0 Å². The number of hydrogen-bond acceptors (Lipinski definition) is 5. The molecule has 24 heavy (non-hydrogen) atoms. The fourth-order valence-electron chi connectivity index (χ4n) is 3.26. The Morgan fingerprint density at radius 1 is 1.17 bits per heavy atom. The molecule has 0 spiro atoms. The molecule has 2 aliphatic heterocycles. The van der Waals surface area contributed by atoms with Crippen LogP contribution < -0.4 is 11.2 Å². The van der Waals surface area contributed by atoms with Gasteiger partial charge in [0.25, 0.3) is 11.5 Å². The third-order valence-electron chi connectivity index (χ3n) is 4.90. The second-order valence-electron chi connectivity index (χ2n) is 6.48. The zero-order chi connectivity index (χ0) is 17.3. The fraction of sp³-hybridized carbons (Fsp3) is 0.688. The second-order valence-corrected chi connectivity index (χ2v) is 6.48. The van der Waals surface area contributed by atoms with E-state index < -0.39 is 0 Å². The van der Waals surface area contributed by atoms with Crippen molar-refractivity contribution in [1.29, 1.82) is 0 Å². The van der Waals surface area contributed by atoms with Crippen molar-refractivity contribution in [2.24, 2.45) is 14.1 Å². The van der Waals surface area contributed by atoms with Crippen LogP contribution in [-0.4, -0.2) is 63.7 Å². The number of piperazine rings is 1. The molecule has 1 atom stereocenters. The number of amides is 1. The third-order valence-corrected chi connectivity index (χ3v) is 4.90. The Balaban J connectivity index is 1.61. The summed E-state index contributed by atoms with van der Waals surface area (Å²) in [6, 6.07) is 1.51. The highest BCUT2D eigenvalue weighted by molar-refractivity contribution is 5.81. The van der Waals surface area contributed by atoms with Gasteiger partial charge in [-0.25, -0.2) is 4.79 Å². The van der Waals surface area contributed by atoms with Crippen LogP contribution in [0.2, 0.25) is 0 Å². The van der Waals surface area contributed by atoms with Crippen molar-refractivity contribution in [3.8, 4) is 0 Å². The quantitative estimate of drug-likeness (QED) is 0.701. The Morgan fingerprint density at radius 3 is 2.50 bits per heavy atom. The molecule has 8 heteroatoms. The number of carbonyl (C=O) groups excluding carboxylic acids is 1. The minimum absolute atomic E-state index is 0.0909. The molecule has 3 rings (SSSR count). The first kappa shape index (κ1) is 16.9. The molecule has 3 heterocycles. The molecule has 0 unspecified atom stereocenters. The van der Waals surface area contributed by atoms with Crippen molar-refractivity contribution >= 4 is 5.91 Å². The molecule has 2 saturated heterocycles. The van der Waals surface area contributed by atoms with Gasteiger partial charge in [-0.1, -0.05) is 0 Å². The Labute approximate surface area is 140 Å². The maximum Gasteiger partial charge on any atom is 0.330 e. The minimum atomic E-state index is -0.315. The standard InChI is InChI=1S/C16H24N4O4/c1-17-12(10-14(21)18(2)16(17)23)11-19-5-7-20(8-6-19)15(22)13-4-3-9-24-13/h10,13H,3-9,11H2,1-2H3/t13-/m0/s1. The lowest BCUT2D eigenvalue weighted by molar-refractivity contribution is -0.142. The number of nitrogens with zero attached hydrogens (tertiary/aromatic N) is 4. The van der Waals surface area contributed by atoms with E-state index in [0.717, 1.165) is 30.5 Å². The summed E-state index contributed by atoms with van der Waals surface area (Å²) in [6.45, 7) is 3.95. The third kappa shape index (κ3) is 3.29. The van der Waals surface area contributed by atoms with Gasteiger partial charge in [-0.15, -0.1) is 0 Å². The minimum Gasteiger partial charge on any atom is -0.368 e. The Hall–Kier alpha value is -1.93. The zero-order valence-corrected chi connectivity index (χ0v) is 14.2. The van der Waals surface area contributed by atoms with Crippen LogP contribution in [0, 0.1) is 0 Å². The molecular formula is C16H24N4O4. The van der Waals surface area contributed by atoms with Gasteiger partial charge >= 0.3 is 5.69 Å². The van der Waals surface area contributed by atoms with Gasteiger partial charge in [0.05, 0.1) is 0 Å². The summed E-state index contributed by atoms with van der Waals surface area (Å²) < 4.78 is 8.07. The lowest BCUT2D eigenvalue weighted by Gasteiger charge is -2.35. The summed E-state index contributed by atoms with van der Waals surface area (Å²) in [7, 11) is 3.15. The lowest BCUT2D eigenvalue weighted by atomic mass is 10.2. The van der Waals surface area contributed by atoms with Crippen molar-refractivity contribution in [2.75, 3.05) is 32.8 Å². The van der Waals surface area contributed by atoms with Crippen LogP contribution in [0.3, 0.4) is 0 Å². The number of hydrogen-bond donors (Lipinski definition) is 0. The van der Waals surface area contributed by atoms with Crippen LogP contribution >= 0.6 is 0 Å². The molecule has 0 aromatic carbocycles. The highest BCUT2D eigenvalue weighted by atomic mass is 16.5. The summed E-state index contributed by atoms with van der Waals surface area (Å²) in [6.07, 6.45) is 1.50. The van der Waals surface area contributed by atoms with Crippen LogP contribution in [0.15, 0.2) is 15.7 Å². The van der Waals surface area contributed by atoms with Crippen molar-refractivity contribution in [3.63, 3.8) is 0 Å². The monoisotopic (exact) mass is 336 g/mol. The van der Waals surface area contributed by atoms with Gasteiger partial charge < -0.3 is 9.64 Å². The molecule has 0 aliphatic carbocycles. The molecular weight excluding hydrogens is 312 g/mol. The molecule has 1 aromatic heterocycles. The predicted octanol–water partition coefficient (Wildman–Crippen LogP) is -1.09. The van der Waals surface area contributed by atoms with Crippen molar-refractivity contribution in [1.82, 2.24) is 18.9 Å². The van der Waals surface area contributed by atoms with Gasteiger partial charge in [-0.05, 0) is 12.8 Å². The SMILES string of the molecule is Cn1c(CN2CCN(C(=O)[C@@H]3CCCO3)CC2)cc(=O)n(C)c1=O. The van der Waals surface area contributed by atoms with E-state index in [0.29, 0.717) is 31.9 Å². The maximum atomic E-state index is 12.3. The Bertz CT molecular complexity index is 725. The normalized spacial score (nSPS) is 22.1. The van der Waals surface area contributed by atoms with Crippen molar-refractivity contribution in [2.45, 2.75) is 25.5 Å².